The van der Waals surface area contributed by atoms with Crippen molar-refractivity contribution in [3.05, 3.63) is 54.1 Å². The van der Waals surface area contributed by atoms with E-state index < -0.39 is 37.8 Å². The second kappa shape index (κ2) is 7.61. The molecule has 2 aromatic carbocycles. The number of rotatable bonds is 5. The van der Waals surface area contributed by atoms with Crippen molar-refractivity contribution in [1.29, 1.82) is 0 Å². The van der Waals surface area contributed by atoms with E-state index in [1.54, 1.807) is 18.2 Å². The average molecular weight is 405 g/mol. The van der Waals surface area contributed by atoms with Crippen LogP contribution in [0.1, 0.15) is 23.2 Å². The van der Waals surface area contributed by atoms with Crippen LogP contribution in [0.2, 0.25) is 0 Å². The Kier molecular flexibility index (Phi) is 5.39. The number of amides is 1. The largest absolute Gasteiger partial charge is 0.507 e. The third kappa shape index (κ3) is 3.46. The van der Waals surface area contributed by atoms with Crippen LogP contribution >= 0.6 is 0 Å². The molecule has 3 N–H and O–H groups in total. The number of ether oxygens (including phenoxy) is 1. The zero-order valence-corrected chi connectivity index (χ0v) is 15.6. The third-order valence-corrected chi connectivity index (χ3v) is 7.28. The molecule has 28 heavy (non-hydrogen) atoms. The highest BCUT2D eigenvalue weighted by Crippen LogP contribution is 2.36. The highest BCUT2D eigenvalue weighted by molar-refractivity contribution is 7.93. The van der Waals surface area contributed by atoms with Crippen LogP contribution in [0.25, 0.3) is 0 Å². The van der Waals surface area contributed by atoms with Gasteiger partial charge in [-0.3, -0.25) is 4.79 Å². The Morgan fingerprint density at radius 1 is 1.04 bits per heavy atom. The summed E-state index contributed by atoms with van der Waals surface area (Å²) >= 11 is 0. The minimum Gasteiger partial charge on any atom is -0.507 e. The first-order valence-corrected chi connectivity index (χ1v) is 10.0. The van der Waals surface area contributed by atoms with E-state index in [1.165, 1.54) is 18.2 Å². The van der Waals surface area contributed by atoms with Crippen molar-refractivity contribution in [1.82, 2.24) is 0 Å². The number of sulfone groups is 1. The fourth-order valence-corrected chi connectivity index (χ4v) is 5.14. The van der Waals surface area contributed by atoms with Crippen LogP contribution in [0.5, 0.6) is 5.75 Å². The van der Waals surface area contributed by atoms with Crippen LogP contribution in [0, 0.1) is 0 Å². The van der Waals surface area contributed by atoms with Crippen molar-refractivity contribution in [3.63, 3.8) is 0 Å². The predicted octanol–water partition coefficient (Wildman–Crippen LogP) is 2.05. The number of benzene rings is 2. The summed E-state index contributed by atoms with van der Waals surface area (Å²) in [6.07, 6.45) is -0.0557. The number of phenols is 1. The number of nitrogens with one attached hydrogen (secondary N) is 1. The van der Waals surface area contributed by atoms with E-state index in [1.807, 2.05) is 0 Å². The second-order valence-electron chi connectivity index (χ2n) is 6.41. The summed E-state index contributed by atoms with van der Waals surface area (Å²) < 4.78 is 30.2. The van der Waals surface area contributed by atoms with Gasteiger partial charge in [0.1, 0.15) is 11.3 Å². The molecule has 1 saturated heterocycles. The number of carbonyl (C=O) groups is 2. The summed E-state index contributed by atoms with van der Waals surface area (Å²) in [7, 11) is -4.04. The molecule has 1 fully saturated rings. The molecule has 1 aliphatic heterocycles. The van der Waals surface area contributed by atoms with Crippen molar-refractivity contribution in [2.24, 2.45) is 0 Å². The lowest BCUT2D eigenvalue weighted by atomic mass is 9.97. The van der Waals surface area contributed by atoms with Gasteiger partial charge in [0, 0.05) is 18.9 Å². The van der Waals surface area contributed by atoms with Crippen molar-refractivity contribution >= 4 is 27.4 Å². The van der Waals surface area contributed by atoms with Crippen LogP contribution in [-0.4, -0.2) is 48.5 Å². The molecule has 1 heterocycles. The maximum absolute atomic E-state index is 13.3. The molecule has 0 atom stereocenters. The molecular weight excluding hydrogens is 386 g/mol. The fourth-order valence-electron chi connectivity index (χ4n) is 3.17. The van der Waals surface area contributed by atoms with Gasteiger partial charge in [0.15, 0.2) is 14.6 Å². The Labute approximate surface area is 161 Å². The Balaban J connectivity index is 2.00. The fraction of sp³-hybridized carbons (Fsp3) is 0.263. The second-order valence-corrected chi connectivity index (χ2v) is 8.67. The van der Waals surface area contributed by atoms with Gasteiger partial charge in [-0.25, -0.2) is 13.2 Å². The third-order valence-electron chi connectivity index (χ3n) is 4.77. The zero-order valence-electron chi connectivity index (χ0n) is 14.8. The first kappa shape index (κ1) is 19.8. The Bertz CT molecular complexity index is 996. The van der Waals surface area contributed by atoms with Crippen molar-refractivity contribution in [2.45, 2.75) is 22.5 Å². The monoisotopic (exact) mass is 405 g/mol. The average Bonchev–Trinajstić information content (AvgIpc) is 2.70. The zero-order chi connectivity index (χ0) is 20.4. The molecule has 1 aliphatic rings. The molecule has 1 amide bonds. The van der Waals surface area contributed by atoms with Crippen molar-refractivity contribution in [2.75, 3.05) is 18.5 Å². The molecule has 0 aliphatic carbocycles. The summed E-state index contributed by atoms with van der Waals surface area (Å²) in [6.45, 7) is 0.213. The number of carboxylic acids is 1. The lowest BCUT2D eigenvalue weighted by Gasteiger charge is -2.35. The molecule has 0 bridgehead atoms. The number of anilines is 1. The molecule has 2 aromatic rings. The smallest absolute Gasteiger partial charge is 0.339 e. The van der Waals surface area contributed by atoms with Crippen LogP contribution in [0.3, 0.4) is 0 Å². The summed E-state index contributed by atoms with van der Waals surface area (Å²) in [5.41, 5.74) is -0.320. The standard InChI is InChI=1S/C19H19NO7S/c21-16-7-6-13(12-15(16)17(22)23)20-18(24)19(8-10-27-11-9-19)28(25,26)14-4-2-1-3-5-14/h1-7,12,21H,8-11H2,(H,20,24)(H,22,23). The lowest BCUT2D eigenvalue weighted by molar-refractivity contribution is -0.121. The highest BCUT2D eigenvalue weighted by atomic mass is 32.2. The summed E-state index contributed by atoms with van der Waals surface area (Å²) in [5, 5.41) is 21.2. The minimum absolute atomic E-state index is 0.0278. The number of hydrogen-bond donors (Lipinski definition) is 3. The van der Waals surface area contributed by atoms with E-state index >= 15 is 0 Å². The SMILES string of the molecule is O=C(O)c1cc(NC(=O)C2(S(=O)(=O)c3ccccc3)CCOCC2)ccc1O. The molecule has 0 aromatic heterocycles. The van der Waals surface area contributed by atoms with Gasteiger partial charge in [-0.1, -0.05) is 18.2 Å². The van der Waals surface area contributed by atoms with E-state index in [-0.39, 0.29) is 36.6 Å². The van der Waals surface area contributed by atoms with Gasteiger partial charge in [-0.15, -0.1) is 0 Å². The number of aromatic hydroxyl groups is 1. The quantitative estimate of drug-likeness (QED) is 0.649. The first-order valence-electron chi connectivity index (χ1n) is 8.53. The molecule has 0 spiro atoms. The number of carbonyl (C=O) groups excluding carboxylic acids is 1. The van der Waals surface area contributed by atoms with Crippen LogP contribution < -0.4 is 5.32 Å². The molecule has 0 radical (unpaired) electrons. The van der Waals surface area contributed by atoms with Crippen LogP contribution in [0.15, 0.2) is 53.4 Å². The summed E-state index contributed by atoms with van der Waals surface area (Å²) in [4.78, 5) is 24.3. The number of carboxylic acid groups (broad SMARTS) is 1. The Morgan fingerprint density at radius 2 is 1.68 bits per heavy atom. The molecule has 0 unspecified atom stereocenters. The summed E-state index contributed by atoms with van der Waals surface area (Å²) in [6, 6.07) is 11.2. The highest BCUT2D eigenvalue weighted by Gasteiger charge is 2.52. The van der Waals surface area contributed by atoms with Gasteiger partial charge in [0.2, 0.25) is 5.91 Å². The molecule has 3 rings (SSSR count). The first-order chi connectivity index (χ1) is 13.3. The van der Waals surface area contributed by atoms with E-state index in [0.717, 1.165) is 12.1 Å². The maximum Gasteiger partial charge on any atom is 0.339 e. The predicted molar refractivity (Wildman–Crippen MR) is 100 cm³/mol. The molecular formula is C19H19NO7S. The Hall–Kier alpha value is -2.91. The molecule has 9 heteroatoms. The van der Waals surface area contributed by atoms with Gasteiger partial charge in [-0.05, 0) is 43.2 Å². The van der Waals surface area contributed by atoms with Gasteiger partial charge in [-0.2, -0.15) is 0 Å². The minimum atomic E-state index is -4.04. The van der Waals surface area contributed by atoms with E-state index in [2.05, 4.69) is 5.32 Å². The molecule has 8 nitrogen and oxygen atoms in total. The Morgan fingerprint density at radius 3 is 2.29 bits per heavy atom. The van der Waals surface area contributed by atoms with Gasteiger partial charge in [0.25, 0.3) is 0 Å². The molecule has 0 saturated carbocycles. The van der Waals surface area contributed by atoms with E-state index in [4.69, 9.17) is 9.84 Å². The number of aromatic carboxylic acids is 1. The van der Waals surface area contributed by atoms with Crippen molar-refractivity contribution in [3.8, 4) is 5.75 Å². The van der Waals surface area contributed by atoms with Crippen LogP contribution in [0.4, 0.5) is 5.69 Å². The molecule has 148 valence electrons. The van der Waals surface area contributed by atoms with Gasteiger partial charge < -0.3 is 20.3 Å². The lowest BCUT2D eigenvalue weighted by Crippen LogP contribution is -2.53. The normalized spacial score (nSPS) is 16.3. The van der Waals surface area contributed by atoms with Crippen molar-refractivity contribution < 1.29 is 33.0 Å². The van der Waals surface area contributed by atoms with Gasteiger partial charge in [0.05, 0.1) is 4.90 Å². The van der Waals surface area contributed by atoms with E-state index in [9.17, 15) is 23.1 Å². The van der Waals surface area contributed by atoms with Gasteiger partial charge >= 0.3 is 5.97 Å². The summed E-state index contributed by atoms with van der Waals surface area (Å²) in [5.74, 6) is -2.59. The topological polar surface area (TPSA) is 130 Å². The van der Waals surface area contributed by atoms with E-state index in [0.29, 0.717) is 0 Å². The van der Waals surface area contributed by atoms with Crippen LogP contribution in [-0.2, 0) is 19.4 Å². The number of hydrogen-bond acceptors (Lipinski definition) is 6. The maximum atomic E-state index is 13.3.